The predicted molar refractivity (Wildman–Crippen MR) is 62.7 cm³/mol. The molecule has 1 unspecified atom stereocenters. The lowest BCUT2D eigenvalue weighted by Crippen LogP contribution is -2.40. The van der Waals surface area contributed by atoms with Crippen molar-refractivity contribution in [1.82, 2.24) is 10.2 Å². The molecular formula is C13H22N2O. The highest BCUT2D eigenvalue weighted by atomic mass is 16.2. The van der Waals surface area contributed by atoms with Crippen molar-refractivity contribution < 1.29 is 4.79 Å². The van der Waals surface area contributed by atoms with Gasteiger partial charge in [0.15, 0.2) is 0 Å². The first-order chi connectivity index (χ1) is 7.79. The monoisotopic (exact) mass is 222 g/mol. The van der Waals surface area contributed by atoms with Crippen LogP contribution in [0, 0.1) is 17.8 Å². The molecule has 0 aromatic carbocycles. The van der Waals surface area contributed by atoms with E-state index in [0.717, 1.165) is 30.7 Å². The van der Waals surface area contributed by atoms with Crippen LogP contribution < -0.4 is 5.32 Å². The van der Waals surface area contributed by atoms with E-state index in [9.17, 15) is 4.79 Å². The quantitative estimate of drug-likeness (QED) is 0.766. The lowest BCUT2D eigenvalue weighted by Gasteiger charge is -2.28. The lowest BCUT2D eigenvalue weighted by molar-refractivity contribution is -0.128. The number of hydrogen-bond donors (Lipinski definition) is 1. The van der Waals surface area contributed by atoms with E-state index in [-0.39, 0.29) is 0 Å². The Morgan fingerprint density at radius 1 is 1.31 bits per heavy atom. The summed E-state index contributed by atoms with van der Waals surface area (Å²) >= 11 is 0. The second-order valence-electron chi connectivity index (χ2n) is 5.69. The summed E-state index contributed by atoms with van der Waals surface area (Å²) in [4.78, 5) is 13.9. The molecule has 3 nitrogen and oxygen atoms in total. The molecule has 0 radical (unpaired) electrons. The van der Waals surface area contributed by atoms with E-state index in [4.69, 9.17) is 0 Å². The van der Waals surface area contributed by atoms with E-state index >= 15 is 0 Å². The Morgan fingerprint density at radius 3 is 2.44 bits per heavy atom. The summed E-state index contributed by atoms with van der Waals surface area (Å²) in [5.74, 6) is 3.02. The number of carbonyl (C=O) groups excluding carboxylic acids is 1. The minimum atomic E-state index is 0.312. The van der Waals surface area contributed by atoms with Gasteiger partial charge >= 0.3 is 0 Å². The molecule has 1 N–H and O–H groups in total. The molecule has 2 saturated carbocycles. The number of rotatable bonds is 5. The number of amides is 1. The van der Waals surface area contributed by atoms with E-state index in [0.29, 0.717) is 18.6 Å². The van der Waals surface area contributed by atoms with E-state index in [1.165, 1.54) is 25.7 Å². The average molecular weight is 222 g/mol. The molecule has 3 heteroatoms. The van der Waals surface area contributed by atoms with Gasteiger partial charge in [0, 0.05) is 6.54 Å². The van der Waals surface area contributed by atoms with Crippen LogP contribution in [0.4, 0.5) is 0 Å². The molecule has 0 spiro atoms. The van der Waals surface area contributed by atoms with Gasteiger partial charge in [-0.2, -0.15) is 0 Å². The first-order valence-corrected chi connectivity index (χ1v) is 6.82. The van der Waals surface area contributed by atoms with Crippen molar-refractivity contribution in [3.63, 3.8) is 0 Å². The third-order valence-electron chi connectivity index (χ3n) is 4.43. The molecule has 1 amide bonds. The molecule has 1 atom stereocenters. The third kappa shape index (κ3) is 1.97. The van der Waals surface area contributed by atoms with Gasteiger partial charge in [-0.15, -0.1) is 0 Å². The van der Waals surface area contributed by atoms with Gasteiger partial charge in [-0.25, -0.2) is 0 Å². The summed E-state index contributed by atoms with van der Waals surface area (Å²) in [6.45, 7) is 3.74. The number of carbonyl (C=O) groups is 1. The second-order valence-corrected chi connectivity index (χ2v) is 5.69. The van der Waals surface area contributed by atoms with E-state index < -0.39 is 0 Å². The van der Waals surface area contributed by atoms with Gasteiger partial charge in [0.1, 0.15) is 0 Å². The molecule has 2 aliphatic carbocycles. The highest BCUT2D eigenvalue weighted by Gasteiger charge is 2.44. The van der Waals surface area contributed by atoms with Crippen LogP contribution in [0.1, 0.15) is 39.0 Å². The molecular weight excluding hydrogens is 200 g/mol. The minimum Gasteiger partial charge on any atom is -0.326 e. The maximum atomic E-state index is 11.8. The van der Waals surface area contributed by atoms with Gasteiger partial charge in [0.05, 0.1) is 12.7 Å². The highest BCUT2D eigenvalue weighted by Crippen LogP contribution is 2.49. The summed E-state index contributed by atoms with van der Waals surface area (Å²) in [6.07, 6.45) is 6.99. The van der Waals surface area contributed by atoms with Gasteiger partial charge in [-0.05, 0) is 49.9 Å². The van der Waals surface area contributed by atoms with Gasteiger partial charge in [0.25, 0.3) is 0 Å². The Kier molecular flexibility index (Phi) is 2.66. The standard InChI is InChI=1S/C13H22N2O/c1-2-12-14-7-13(16)15(12)8-11(9-3-4-9)10-5-6-10/h9-12,14H,2-8H2,1H3. The van der Waals surface area contributed by atoms with Crippen LogP contribution in [0.5, 0.6) is 0 Å². The first kappa shape index (κ1) is 10.6. The fourth-order valence-electron chi connectivity index (χ4n) is 3.14. The molecule has 3 rings (SSSR count). The predicted octanol–water partition coefficient (Wildman–Crippen LogP) is 1.59. The molecule has 16 heavy (non-hydrogen) atoms. The Morgan fingerprint density at radius 2 is 1.94 bits per heavy atom. The molecule has 1 aliphatic heterocycles. The van der Waals surface area contributed by atoms with Crippen LogP contribution in [0.15, 0.2) is 0 Å². The fraction of sp³-hybridized carbons (Fsp3) is 0.923. The van der Waals surface area contributed by atoms with Crippen molar-refractivity contribution in [2.45, 2.75) is 45.2 Å². The fourth-order valence-corrected chi connectivity index (χ4v) is 3.14. The summed E-state index contributed by atoms with van der Waals surface area (Å²) in [5, 5.41) is 3.31. The molecule has 1 heterocycles. The zero-order valence-corrected chi connectivity index (χ0v) is 10.1. The van der Waals surface area contributed by atoms with Crippen LogP contribution in [-0.4, -0.2) is 30.1 Å². The maximum absolute atomic E-state index is 11.8. The van der Waals surface area contributed by atoms with Crippen molar-refractivity contribution in [1.29, 1.82) is 0 Å². The Hall–Kier alpha value is -0.570. The topological polar surface area (TPSA) is 32.3 Å². The average Bonchev–Trinajstić information content (AvgIpc) is 3.15. The van der Waals surface area contributed by atoms with Gasteiger partial charge < -0.3 is 4.90 Å². The second kappa shape index (κ2) is 4.02. The van der Waals surface area contributed by atoms with E-state index in [2.05, 4.69) is 17.1 Å². The third-order valence-corrected chi connectivity index (χ3v) is 4.43. The molecule has 0 aromatic rings. The number of nitrogens with zero attached hydrogens (tertiary/aromatic N) is 1. The van der Waals surface area contributed by atoms with Gasteiger partial charge in [0.2, 0.25) is 5.91 Å². The SMILES string of the molecule is CCC1NCC(=O)N1CC(C1CC1)C1CC1. The van der Waals surface area contributed by atoms with Crippen molar-refractivity contribution in [2.24, 2.45) is 17.8 Å². The summed E-state index contributed by atoms with van der Waals surface area (Å²) in [5.41, 5.74) is 0. The summed E-state index contributed by atoms with van der Waals surface area (Å²) < 4.78 is 0. The maximum Gasteiger partial charge on any atom is 0.237 e. The molecule has 0 bridgehead atoms. The van der Waals surface area contributed by atoms with Gasteiger partial charge in [-0.3, -0.25) is 10.1 Å². The highest BCUT2D eigenvalue weighted by molar-refractivity contribution is 5.80. The number of hydrogen-bond acceptors (Lipinski definition) is 2. The van der Waals surface area contributed by atoms with Crippen LogP contribution >= 0.6 is 0 Å². The first-order valence-electron chi connectivity index (χ1n) is 6.82. The van der Waals surface area contributed by atoms with Crippen LogP contribution in [0.2, 0.25) is 0 Å². The van der Waals surface area contributed by atoms with Crippen molar-refractivity contribution in [3.8, 4) is 0 Å². The zero-order valence-electron chi connectivity index (χ0n) is 10.1. The van der Waals surface area contributed by atoms with Crippen LogP contribution in [-0.2, 0) is 4.79 Å². The van der Waals surface area contributed by atoms with Crippen molar-refractivity contribution in [2.75, 3.05) is 13.1 Å². The Balaban J connectivity index is 1.64. The lowest BCUT2D eigenvalue weighted by atomic mass is 9.97. The van der Waals surface area contributed by atoms with E-state index in [1.807, 2.05) is 0 Å². The van der Waals surface area contributed by atoms with Crippen LogP contribution in [0.3, 0.4) is 0 Å². The van der Waals surface area contributed by atoms with Crippen molar-refractivity contribution in [3.05, 3.63) is 0 Å². The smallest absolute Gasteiger partial charge is 0.237 e. The summed E-state index contributed by atoms with van der Waals surface area (Å²) in [6, 6.07) is 0. The molecule has 0 aromatic heterocycles. The normalized spacial score (nSPS) is 30.5. The van der Waals surface area contributed by atoms with Crippen molar-refractivity contribution >= 4 is 5.91 Å². The Labute approximate surface area is 97.6 Å². The Bertz CT molecular complexity index is 272. The molecule has 3 fully saturated rings. The largest absolute Gasteiger partial charge is 0.326 e. The summed E-state index contributed by atoms with van der Waals surface area (Å²) in [7, 11) is 0. The molecule has 90 valence electrons. The minimum absolute atomic E-state index is 0.312. The molecule has 1 saturated heterocycles. The van der Waals surface area contributed by atoms with Gasteiger partial charge in [-0.1, -0.05) is 6.92 Å². The van der Waals surface area contributed by atoms with E-state index in [1.54, 1.807) is 0 Å². The zero-order chi connectivity index (χ0) is 11.1. The number of nitrogens with one attached hydrogen (secondary N) is 1. The molecule has 3 aliphatic rings. The van der Waals surface area contributed by atoms with Crippen LogP contribution in [0.25, 0.3) is 0 Å².